The molecule has 0 N–H and O–H groups in total. The molecule has 0 unspecified atom stereocenters. The Morgan fingerprint density at radius 1 is 0.393 bits per heavy atom. The van der Waals surface area contributed by atoms with Gasteiger partial charge in [0.2, 0.25) is 5.95 Å². The Morgan fingerprint density at radius 3 is 1.73 bits per heavy atom. The van der Waals surface area contributed by atoms with Crippen molar-refractivity contribution in [1.82, 2.24) is 19.1 Å². The molecule has 4 nitrogen and oxygen atoms in total. The van der Waals surface area contributed by atoms with Crippen molar-refractivity contribution in [3.8, 4) is 22.9 Å². The molecule has 0 saturated carbocycles. The zero-order valence-corrected chi connectivity index (χ0v) is 31.4. The van der Waals surface area contributed by atoms with Gasteiger partial charge in [-0.1, -0.05) is 121 Å². The van der Waals surface area contributed by atoms with Gasteiger partial charge in [0.15, 0.2) is 0 Å². The Morgan fingerprint density at radius 2 is 0.964 bits per heavy atom. The summed E-state index contributed by atoms with van der Waals surface area (Å²) in [6.45, 7) is 0. The maximum absolute atomic E-state index is 5.69. The fraction of sp³-hybridized carbons (Fsp3) is 0. The number of para-hydroxylation sites is 3. The van der Waals surface area contributed by atoms with Gasteiger partial charge in [0, 0.05) is 63.7 Å². The molecule has 0 amide bonds. The highest BCUT2D eigenvalue weighted by molar-refractivity contribution is 7.27. The maximum atomic E-state index is 5.69. The van der Waals surface area contributed by atoms with Crippen LogP contribution < -0.4 is 0 Å². The smallest absolute Gasteiger partial charge is 0.236 e. The summed E-state index contributed by atoms with van der Waals surface area (Å²) >= 11 is 3.61. The molecule has 0 aliphatic heterocycles. The van der Waals surface area contributed by atoms with E-state index in [-0.39, 0.29) is 0 Å². The van der Waals surface area contributed by atoms with Crippen molar-refractivity contribution in [3.05, 3.63) is 170 Å². The van der Waals surface area contributed by atoms with Gasteiger partial charge in [-0.05, 0) is 59.3 Å². The van der Waals surface area contributed by atoms with Crippen LogP contribution in [-0.4, -0.2) is 19.1 Å². The van der Waals surface area contributed by atoms with Crippen molar-refractivity contribution in [2.45, 2.75) is 0 Å². The summed E-state index contributed by atoms with van der Waals surface area (Å²) in [6.07, 6.45) is 0. The summed E-state index contributed by atoms with van der Waals surface area (Å²) in [5.41, 5.74) is 7.78. The van der Waals surface area contributed by atoms with E-state index < -0.39 is 0 Å². The Hall–Kier alpha value is -6.86. The lowest BCUT2D eigenvalue weighted by molar-refractivity contribution is 1.02. The van der Waals surface area contributed by atoms with Gasteiger partial charge in [0.25, 0.3) is 0 Å². The first-order valence-corrected chi connectivity index (χ1v) is 20.5. The summed E-state index contributed by atoms with van der Waals surface area (Å²) in [5, 5.41) is 12.2. The van der Waals surface area contributed by atoms with Crippen molar-refractivity contribution in [2.75, 3.05) is 0 Å². The molecule has 0 saturated heterocycles. The number of nitrogens with zero attached hydrogens (tertiary/aromatic N) is 4. The molecule has 6 heteroatoms. The third kappa shape index (κ3) is 4.06. The summed E-state index contributed by atoms with van der Waals surface area (Å²) < 4.78 is 8.46. The predicted octanol–water partition coefficient (Wildman–Crippen LogP) is 14.2. The predicted molar refractivity (Wildman–Crippen MR) is 239 cm³/mol. The maximum Gasteiger partial charge on any atom is 0.236 e. The minimum absolute atomic E-state index is 0.686. The lowest BCUT2D eigenvalue weighted by Gasteiger charge is -2.12. The average molecular weight is 749 g/mol. The van der Waals surface area contributed by atoms with E-state index in [1.807, 2.05) is 11.3 Å². The zero-order valence-electron chi connectivity index (χ0n) is 29.8. The van der Waals surface area contributed by atoms with Crippen LogP contribution in [-0.2, 0) is 0 Å². The van der Waals surface area contributed by atoms with Crippen LogP contribution in [0.2, 0.25) is 0 Å². The molecule has 13 aromatic rings. The Kier molecular flexibility index (Phi) is 6.17. The quantitative estimate of drug-likeness (QED) is 0.180. The first kappa shape index (κ1) is 30.5. The molecule has 0 aliphatic rings. The standard InChI is InChI=1S/C50H28N4S2/c1-2-14-30(15-3-1)53-38-22-10-6-16-31(38)37-28-29(26-27-40(37)53)46-45-36-21-9-13-25-42(36)56-49(45)52-50(51-46)54-39-23-11-7-19-34(39)43-32-17-4-5-18-33(32)44-35-20-8-12-24-41(35)55-48(44)47(43)54/h1-28H. The monoisotopic (exact) mass is 748 g/mol. The highest BCUT2D eigenvalue weighted by atomic mass is 32.1. The summed E-state index contributed by atoms with van der Waals surface area (Å²) in [5.74, 6) is 0.686. The summed E-state index contributed by atoms with van der Waals surface area (Å²) in [4.78, 5) is 12.2. The number of benzene rings is 8. The van der Waals surface area contributed by atoms with E-state index in [1.54, 1.807) is 11.3 Å². The van der Waals surface area contributed by atoms with Crippen LogP contribution in [0.15, 0.2) is 170 Å². The molecule has 56 heavy (non-hydrogen) atoms. The molecular weight excluding hydrogens is 721 g/mol. The van der Waals surface area contributed by atoms with Crippen LogP contribution in [0.4, 0.5) is 0 Å². The first-order valence-electron chi connectivity index (χ1n) is 18.8. The van der Waals surface area contributed by atoms with E-state index in [0.29, 0.717) is 5.95 Å². The van der Waals surface area contributed by atoms with Crippen molar-refractivity contribution in [1.29, 1.82) is 0 Å². The van der Waals surface area contributed by atoms with Crippen LogP contribution >= 0.6 is 22.7 Å². The summed E-state index contributed by atoms with van der Waals surface area (Å²) in [6, 6.07) is 61.4. The molecular formula is C50H28N4S2. The molecule has 260 valence electrons. The number of hydrogen-bond acceptors (Lipinski definition) is 4. The fourth-order valence-electron chi connectivity index (χ4n) is 9.23. The van der Waals surface area contributed by atoms with E-state index in [2.05, 4.69) is 179 Å². The van der Waals surface area contributed by atoms with E-state index in [1.165, 1.54) is 73.6 Å². The van der Waals surface area contributed by atoms with Crippen LogP contribution in [0.1, 0.15) is 0 Å². The Bertz CT molecular complexity index is 3770. The van der Waals surface area contributed by atoms with Crippen molar-refractivity contribution in [2.24, 2.45) is 0 Å². The second-order valence-electron chi connectivity index (χ2n) is 14.5. The summed E-state index contributed by atoms with van der Waals surface area (Å²) in [7, 11) is 0. The van der Waals surface area contributed by atoms with E-state index in [4.69, 9.17) is 9.97 Å². The number of aromatic nitrogens is 4. The molecule has 5 heterocycles. The molecule has 0 bridgehead atoms. The second kappa shape index (κ2) is 11.3. The highest BCUT2D eigenvalue weighted by Gasteiger charge is 2.25. The van der Waals surface area contributed by atoms with Gasteiger partial charge in [-0.25, -0.2) is 9.97 Å². The Labute approximate surface area is 327 Å². The minimum Gasteiger partial charge on any atom is -0.309 e. The molecule has 8 aromatic carbocycles. The highest BCUT2D eigenvalue weighted by Crippen LogP contribution is 2.48. The lowest BCUT2D eigenvalue weighted by atomic mass is 9.99. The van der Waals surface area contributed by atoms with Crippen LogP contribution in [0, 0.1) is 0 Å². The molecule has 5 aromatic heterocycles. The van der Waals surface area contributed by atoms with Crippen LogP contribution in [0.3, 0.4) is 0 Å². The SMILES string of the molecule is c1ccc(-n2c3ccccc3c3cc(-c4nc(-n5c6ccccc6c6c7ccccc7c7c8ccccc8sc7c65)nc5sc6ccccc6c45)ccc32)cc1. The number of thiophene rings is 2. The Balaban J connectivity index is 1.18. The van der Waals surface area contributed by atoms with Gasteiger partial charge < -0.3 is 4.57 Å². The molecule has 0 aliphatic carbocycles. The topological polar surface area (TPSA) is 35.6 Å². The lowest BCUT2D eigenvalue weighted by Crippen LogP contribution is -2.03. The van der Waals surface area contributed by atoms with Gasteiger partial charge in [0.05, 0.1) is 32.5 Å². The minimum atomic E-state index is 0.686. The first-order chi connectivity index (χ1) is 27.8. The van der Waals surface area contributed by atoms with Crippen molar-refractivity contribution < 1.29 is 0 Å². The average Bonchev–Trinajstić information content (AvgIpc) is 4.01. The number of hydrogen-bond donors (Lipinski definition) is 0. The zero-order chi connectivity index (χ0) is 36.5. The van der Waals surface area contributed by atoms with Gasteiger partial charge in [-0.15, -0.1) is 22.7 Å². The van der Waals surface area contributed by atoms with Gasteiger partial charge in [-0.3, -0.25) is 4.57 Å². The normalized spacial score (nSPS) is 12.3. The molecule has 0 atom stereocenters. The third-order valence-corrected chi connectivity index (χ3v) is 13.8. The van der Waals surface area contributed by atoms with Crippen LogP contribution in [0.25, 0.3) is 118 Å². The molecule has 0 fully saturated rings. The number of fused-ring (bicyclic) bond motifs is 16. The van der Waals surface area contributed by atoms with Gasteiger partial charge in [0.1, 0.15) is 4.83 Å². The molecule has 0 radical (unpaired) electrons. The third-order valence-electron chi connectivity index (χ3n) is 11.5. The molecule has 13 rings (SSSR count). The van der Waals surface area contributed by atoms with Crippen molar-refractivity contribution >= 4 is 118 Å². The van der Waals surface area contributed by atoms with E-state index in [9.17, 15) is 0 Å². The van der Waals surface area contributed by atoms with Gasteiger partial charge in [-0.2, -0.15) is 0 Å². The second-order valence-corrected chi connectivity index (χ2v) is 16.6. The van der Waals surface area contributed by atoms with E-state index in [0.717, 1.165) is 38.2 Å². The van der Waals surface area contributed by atoms with E-state index >= 15 is 0 Å². The van der Waals surface area contributed by atoms with Gasteiger partial charge >= 0.3 is 0 Å². The largest absolute Gasteiger partial charge is 0.309 e. The number of rotatable bonds is 3. The van der Waals surface area contributed by atoms with Crippen molar-refractivity contribution in [3.63, 3.8) is 0 Å². The molecule has 0 spiro atoms. The fourth-order valence-corrected chi connectivity index (χ4v) is 11.6. The van der Waals surface area contributed by atoms with Crippen LogP contribution in [0.5, 0.6) is 0 Å².